The molecule has 0 rings (SSSR count). The molecule has 0 amide bonds. The van der Waals surface area contributed by atoms with E-state index >= 15 is 0 Å². The van der Waals surface area contributed by atoms with Gasteiger partial charge in [-0.25, -0.2) is 8.42 Å². The Morgan fingerprint density at radius 2 is 1.54 bits per heavy atom. The highest BCUT2D eigenvalue weighted by atomic mass is 35.5. The maximum Gasteiger partial charge on any atom is 0.169 e. The minimum absolute atomic E-state index is 0.556. The molecule has 0 radical (unpaired) electrons. The second-order valence-corrected chi connectivity index (χ2v) is 7.93. The Bertz CT molecular complexity index is 274. The van der Waals surface area contributed by atoms with Crippen LogP contribution in [0.15, 0.2) is 0 Å². The third kappa shape index (κ3) is 2.82. The summed E-state index contributed by atoms with van der Waals surface area (Å²) in [5, 5.41) is 9.74. The molecule has 0 aromatic rings. The zero-order chi connectivity index (χ0) is 11.1. The minimum Gasteiger partial charge on any atom is -0.390 e. The van der Waals surface area contributed by atoms with Gasteiger partial charge in [-0.05, 0) is 12.3 Å². The molecule has 0 fully saturated rings. The number of halogens is 1. The molecule has 0 saturated heterocycles. The summed E-state index contributed by atoms with van der Waals surface area (Å²) in [5.41, 5.74) is -0.556. The molecule has 0 bridgehead atoms. The van der Waals surface area contributed by atoms with Gasteiger partial charge in [-0.3, -0.25) is 0 Å². The topological polar surface area (TPSA) is 54.4 Å². The Morgan fingerprint density at radius 1 is 1.23 bits per heavy atom. The monoisotopic (exact) mass is 228 g/mol. The molecule has 0 aliphatic rings. The van der Waals surface area contributed by atoms with Gasteiger partial charge in [0.1, 0.15) is 0 Å². The van der Waals surface area contributed by atoms with Crippen molar-refractivity contribution in [2.75, 3.05) is 6.26 Å². The molecule has 0 aliphatic carbocycles. The van der Waals surface area contributed by atoms with E-state index in [1.165, 1.54) is 6.92 Å². The Hall–Kier alpha value is 0.200. The van der Waals surface area contributed by atoms with Gasteiger partial charge in [0.2, 0.25) is 0 Å². The van der Waals surface area contributed by atoms with Gasteiger partial charge in [0.15, 0.2) is 14.0 Å². The zero-order valence-electron chi connectivity index (χ0n) is 8.63. The van der Waals surface area contributed by atoms with Crippen LogP contribution in [0.4, 0.5) is 0 Å². The van der Waals surface area contributed by atoms with Crippen LogP contribution in [0, 0.1) is 5.41 Å². The van der Waals surface area contributed by atoms with Gasteiger partial charge in [0.05, 0.1) is 6.10 Å². The van der Waals surface area contributed by atoms with Gasteiger partial charge < -0.3 is 5.11 Å². The van der Waals surface area contributed by atoms with Crippen LogP contribution >= 0.6 is 11.6 Å². The first-order valence-corrected chi connectivity index (χ1v) is 6.24. The van der Waals surface area contributed by atoms with Crippen molar-refractivity contribution in [1.29, 1.82) is 0 Å². The highest BCUT2D eigenvalue weighted by Gasteiger charge is 2.46. The van der Waals surface area contributed by atoms with E-state index in [0.29, 0.717) is 0 Å². The van der Waals surface area contributed by atoms with Crippen LogP contribution in [0.25, 0.3) is 0 Å². The van der Waals surface area contributed by atoms with E-state index in [4.69, 9.17) is 11.6 Å². The maximum atomic E-state index is 11.2. The molecule has 3 nitrogen and oxygen atoms in total. The lowest BCUT2D eigenvalue weighted by molar-refractivity contribution is 0.0524. The number of hydrogen-bond donors (Lipinski definition) is 1. The molecule has 1 N–H and O–H groups in total. The Balaban J connectivity index is 5.09. The van der Waals surface area contributed by atoms with Gasteiger partial charge in [-0.2, -0.15) is 0 Å². The number of aliphatic hydroxyl groups excluding tert-OH is 1. The van der Waals surface area contributed by atoms with Crippen LogP contribution in [0.1, 0.15) is 27.7 Å². The fourth-order valence-electron chi connectivity index (χ4n) is 0.976. The fourth-order valence-corrected chi connectivity index (χ4v) is 2.06. The molecule has 0 aromatic heterocycles. The lowest BCUT2D eigenvalue weighted by Gasteiger charge is -2.35. The van der Waals surface area contributed by atoms with E-state index in [1.807, 2.05) is 0 Å². The van der Waals surface area contributed by atoms with Crippen molar-refractivity contribution in [1.82, 2.24) is 0 Å². The molecule has 5 heteroatoms. The summed E-state index contributed by atoms with van der Waals surface area (Å²) < 4.78 is 20.9. The third-order valence-corrected chi connectivity index (χ3v) is 4.75. The molecule has 0 heterocycles. The fraction of sp³-hybridized carbons (Fsp3) is 1.00. The second kappa shape index (κ2) is 3.41. The maximum absolute atomic E-state index is 11.2. The van der Waals surface area contributed by atoms with Gasteiger partial charge >= 0.3 is 0 Å². The molecular weight excluding hydrogens is 212 g/mol. The first-order chi connectivity index (χ1) is 5.40. The number of sulfone groups is 1. The zero-order valence-corrected chi connectivity index (χ0v) is 10.2. The number of alkyl halides is 1. The molecule has 0 spiro atoms. The van der Waals surface area contributed by atoms with Gasteiger partial charge in [-0.1, -0.05) is 32.4 Å². The highest BCUT2D eigenvalue weighted by Crippen LogP contribution is 2.35. The van der Waals surface area contributed by atoms with Crippen LogP contribution in [-0.4, -0.2) is 30.1 Å². The first kappa shape index (κ1) is 13.2. The molecule has 0 aromatic carbocycles. The number of aliphatic hydroxyl groups is 1. The van der Waals surface area contributed by atoms with E-state index in [2.05, 4.69) is 0 Å². The SMILES string of the molecule is CC(C)(C)C(O)C(C)(Cl)S(C)(=O)=O. The van der Waals surface area contributed by atoms with Gasteiger partial charge in [-0.15, -0.1) is 0 Å². The Morgan fingerprint density at radius 3 is 1.62 bits per heavy atom. The van der Waals surface area contributed by atoms with Crippen LogP contribution in [0.3, 0.4) is 0 Å². The second-order valence-electron chi connectivity index (χ2n) is 4.53. The summed E-state index contributed by atoms with van der Waals surface area (Å²) in [7, 11) is -3.47. The largest absolute Gasteiger partial charge is 0.390 e. The van der Waals surface area contributed by atoms with Crippen molar-refractivity contribution in [3.05, 3.63) is 0 Å². The van der Waals surface area contributed by atoms with Crippen LogP contribution in [0.2, 0.25) is 0 Å². The van der Waals surface area contributed by atoms with E-state index in [9.17, 15) is 13.5 Å². The molecule has 13 heavy (non-hydrogen) atoms. The summed E-state index contributed by atoms with van der Waals surface area (Å²) >= 11 is 5.81. The van der Waals surface area contributed by atoms with Crippen molar-refractivity contribution in [2.45, 2.75) is 38.0 Å². The number of rotatable bonds is 2. The van der Waals surface area contributed by atoms with Crippen molar-refractivity contribution in [3.8, 4) is 0 Å². The average molecular weight is 229 g/mol. The van der Waals surface area contributed by atoms with Crippen molar-refractivity contribution < 1.29 is 13.5 Å². The average Bonchev–Trinajstić information content (AvgIpc) is 1.81. The van der Waals surface area contributed by atoms with Crippen LogP contribution in [0.5, 0.6) is 0 Å². The Labute approximate surface area is 85.0 Å². The summed E-state index contributed by atoms with van der Waals surface area (Å²) in [6.45, 7) is 6.54. The standard InChI is InChI=1S/C8H17ClO3S/c1-7(2,3)6(10)8(4,9)13(5,11)12/h6,10H,1-5H3. The number of hydrogen-bond acceptors (Lipinski definition) is 3. The molecule has 80 valence electrons. The van der Waals surface area contributed by atoms with Crippen LogP contribution in [-0.2, 0) is 9.84 Å². The van der Waals surface area contributed by atoms with Crippen molar-refractivity contribution in [2.24, 2.45) is 5.41 Å². The summed E-state index contributed by atoms with van der Waals surface area (Å²) in [5.74, 6) is 0. The summed E-state index contributed by atoms with van der Waals surface area (Å²) in [6, 6.07) is 0. The normalized spacial score (nSPS) is 20.8. The summed E-state index contributed by atoms with van der Waals surface area (Å²) in [4.78, 5) is 0. The predicted octanol–water partition coefficient (Wildman–Crippen LogP) is 1.39. The van der Waals surface area contributed by atoms with Crippen molar-refractivity contribution >= 4 is 21.4 Å². The molecule has 0 aliphatic heterocycles. The van der Waals surface area contributed by atoms with Crippen LogP contribution < -0.4 is 0 Å². The lowest BCUT2D eigenvalue weighted by Crippen LogP contribution is -2.48. The van der Waals surface area contributed by atoms with Crippen molar-refractivity contribution in [3.63, 3.8) is 0 Å². The first-order valence-electron chi connectivity index (χ1n) is 3.97. The quantitative estimate of drug-likeness (QED) is 0.727. The van der Waals surface area contributed by atoms with Gasteiger partial charge in [0.25, 0.3) is 0 Å². The Kier molecular flexibility index (Phi) is 3.46. The predicted molar refractivity (Wildman–Crippen MR) is 54.6 cm³/mol. The molecule has 2 atom stereocenters. The highest BCUT2D eigenvalue weighted by molar-refractivity contribution is 7.93. The van der Waals surface area contributed by atoms with Gasteiger partial charge in [0, 0.05) is 6.26 Å². The smallest absolute Gasteiger partial charge is 0.169 e. The van der Waals surface area contributed by atoms with E-state index in [-0.39, 0.29) is 0 Å². The molecule has 2 unspecified atom stereocenters. The van der Waals surface area contributed by atoms with E-state index < -0.39 is 25.6 Å². The van der Waals surface area contributed by atoms with E-state index in [1.54, 1.807) is 20.8 Å². The third-order valence-electron chi connectivity index (χ3n) is 2.03. The van der Waals surface area contributed by atoms with E-state index in [0.717, 1.165) is 6.26 Å². The summed E-state index contributed by atoms with van der Waals surface area (Å²) in [6.07, 6.45) is -0.0775. The lowest BCUT2D eigenvalue weighted by atomic mass is 9.87. The molecular formula is C8H17ClO3S. The minimum atomic E-state index is -3.47. The molecule has 0 saturated carbocycles.